The molecular formula is C28H38N8O. The maximum Gasteiger partial charge on any atom is 0.238 e. The summed E-state index contributed by atoms with van der Waals surface area (Å²) in [7, 11) is 2.00. The molecule has 9 heteroatoms. The molecule has 0 unspecified atom stereocenters. The van der Waals surface area contributed by atoms with Crippen molar-refractivity contribution < 1.29 is 4.79 Å². The first-order chi connectivity index (χ1) is 17.6. The van der Waals surface area contributed by atoms with Gasteiger partial charge in [0, 0.05) is 36.0 Å². The van der Waals surface area contributed by atoms with Crippen molar-refractivity contribution in [1.29, 1.82) is 0 Å². The standard InChI is InChI=1S/C28H38N8O/c1-16(2)25-26(21-12-36-28(29-14-30-36)20(7)19(21)6)31-22-9-10-23(32-27(22)25)35-15-34(11-18(35)5)24(37)13-33(8)17(3)4/h9-10,12,14,16-18,31H,11,13,15H2,1-8H3/t18-/m0/s1. The van der Waals surface area contributed by atoms with Crippen LogP contribution in [-0.2, 0) is 4.79 Å². The van der Waals surface area contributed by atoms with Crippen molar-refractivity contribution in [2.45, 2.75) is 66.5 Å². The van der Waals surface area contributed by atoms with Crippen molar-refractivity contribution in [3.63, 3.8) is 0 Å². The largest absolute Gasteiger partial charge is 0.353 e. The van der Waals surface area contributed by atoms with Crippen LogP contribution in [0.3, 0.4) is 0 Å². The number of nitrogens with one attached hydrogen (secondary N) is 1. The summed E-state index contributed by atoms with van der Waals surface area (Å²) < 4.78 is 1.85. The van der Waals surface area contributed by atoms with Gasteiger partial charge in [0.1, 0.15) is 12.1 Å². The van der Waals surface area contributed by atoms with E-state index in [-0.39, 0.29) is 17.9 Å². The van der Waals surface area contributed by atoms with Gasteiger partial charge in [-0.1, -0.05) is 13.8 Å². The number of carbonyl (C=O) groups is 1. The number of aromatic nitrogens is 5. The highest BCUT2D eigenvalue weighted by Gasteiger charge is 2.32. The molecule has 1 fully saturated rings. The zero-order valence-corrected chi connectivity index (χ0v) is 23.2. The van der Waals surface area contributed by atoms with Crippen molar-refractivity contribution in [2.24, 2.45) is 0 Å². The first kappa shape index (κ1) is 25.2. The number of rotatable bonds is 6. The summed E-state index contributed by atoms with van der Waals surface area (Å²) in [5.74, 6) is 1.32. The van der Waals surface area contributed by atoms with E-state index in [1.165, 1.54) is 11.1 Å². The topological polar surface area (TPSA) is 85.7 Å². The van der Waals surface area contributed by atoms with Gasteiger partial charge in [0.25, 0.3) is 0 Å². The zero-order valence-electron chi connectivity index (χ0n) is 23.2. The second-order valence-corrected chi connectivity index (χ2v) is 11.0. The van der Waals surface area contributed by atoms with E-state index in [9.17, 15) is 4.79 Å². The van der Waals surface area contributed by atoms with Crippen molar-refractivity contribution in [3.8, 4) is 11.3 Å². The van der Waals surface area contributed by atoms with Crippen LogP contribution in [0.15, 0.2) is 24.7 Å². The van der Waals surface area contributed by atoms with E-state index >= 15 is 0 Å². The van der Waals surface area contributed by atoms with E-state index in [0.29, 0.717) is 25.8 Å². The first-order valence-corrected chi connectivity index (χ1v) is 13.1. The van der Waals surface area contributed by atoms with Gasteiger partial charge in [-0.25, -0.2) is 14.5 Å². The molecule has 0 spiro atoms. The molecule has 4 aromatic rings. The molecule has 0 radical (unpaired) electrons. The molecule has 0 bridgehead atoms. The lowest BCUT2D eigenvalue weighted by molar-refractivity contribution is -0.131. The van der Waals surface area contributed by atoms with Crippen molar-refractivity contribution in [1.82, 2.24) is 34.4 Å². The Hall–Kier alpha value is -3.46. The Balaban J connectivity index is 1.52. The molecule has 37 heavy (non-hydrogen) atoms. The van der Waals surface area contributed by atoms with Gasteiger partial charge in [0.05, 0.1) is 29.9 Å². The highest BCUT2D eigenvalue weighted by atomic mass is 16.2. The molecule has 196 valence electrons. The molecule has 1 N–H and O–H groups in total. The quantitative estimate of drug-likeness (QED) is 0.422. The minimum absolute atomic E-state index is 0.160. The zero-order chi connectivity index (χ0) is 26.6. The first-order valence-electron chi connectivity index (χ1n) is 13.1. The Morgan fingerprint density at radius 1 is 1.19 bits per heavy atom. The second-order valence-electron chi connectivity index (χ2n) is 11.0. The van der Waals surface area contributed by atoms with Gasteiger partial charge in [0.15, 0.2) is 5.65 Å². The van der Waals surface area contributed by atoms with Crippen LogP contribution in [0, 0.1) is 13.8 Å². The summed E-state index contributed by atoms with van der Waals surface area (Å²) in [6, 6.07) is 4.71. The number of nitrogens with zero attached hydrogens (tertiary/aromatic N) is 7. The maximum atomic E-state index is 13.0. The van der Waals surface area contributed by atoms with Crippen LogP contribution in [0.25, 0.3) is 27.9 Å². The van der Waals surface area contributed by atoms with E-state index in [0.717, 1.165) is 39.3 Å². The number of likely N-dealkylation sites (N-methyl/N-ethyl adjacent to an activating group) is 1. The Kier molecular flexibility index (Phi) is 6.43. The Morgan fingerprint density at radius 3 is 2.65 bits per heavy atom. The van der Waals surface area contributed by atoms with E-state index < -0.39 is 0 Å². The molecule has 1 aliphatic rings. The smallest absolute Gasteiger partial charge is 0.238 e. The molecule has 0 saturated carbocycles. The highest BCUT2D eigenvalue weighted by Crippen LogP contribution is 2.38. The van der Waals surface area contributed by atoms with Gasteiger partial charge in [-0.3, -0.25) is 9.69 Å². The summed E-state index contributed by atoms with van der Waals surface area (Å²) in [6.07, 6.45) is 3.66. The number of hydrogen-bond acceptors (Lipinski definition) is 6. The van der Waals surface area contributed by atoms with E-state index in [4.69, 9.17) is 4.98 Å². The lowest BCUT2D eigenvalue weighted by atomic mass is 9.95. The average molecular weight is 503 g/mol. The number of hydrogen-bond donors (Lipinski definition) is 1. The third kappa shape index (κ3) is 4.35. The van der Waals surface area contributed by atoms with Gasteiger partial charge in [-0.15, -0.1) is 0 Å². The number of aromatic amines is 1. The van der Waals surface area contributed by atoms with Crippen LogP contribution in [0.4, 0.5) is 5.82 Å². The van der Waals surface area contributed by atoms with Crippen molar-refractivity contribution in [2.75, 3.05) is 31.7 Å². The molecule has 5 heterocycles. The van der Waals surface area contributed by atoms with Crippen LogP contribution < -0.4 is 4.90 Å². The molecule has 0 aromatic carbocycles. The summed E-state index contributed by atoms with van der Waals surface area (Å²) in [4.78, 5) is 32.5. The van der Waals surface area contributed by atoms with E-state index in [1.807, 2.05) is 16.5 Å². The number of amides is 1. The third-order valence-corrected chi connectivity index (χ3v) is 7.89. The molecule has 1 amide bonds. The molecule has 0 aliphatic carbocycles. The molecule has 5 rings (SSSR count). The highest BCUT2D eigenvalue weighted by molar-refractivity contribution is 5.90. The molecule has 9 nitrogen and oxygen atoms in total. The van der Waals surface area contributed by atoms with Gasteiger partial charge in [-0.2, -0.15) is 5.10 Å². The Labute approximate surface area is 218 Å². The predicted molar refractivity (Wildman–Crippen MR) is 148 cm³/mol. The SMILES string of the molecule is Cc1c(-c2[nH]c3ccc(N4CN(C(=O)CN(C)C(C)C)C[C@@H]4C)nc3c2C(C)C)cn2ncnc2c1C. The van der Waals surface area contributed by atoms with Crippen molar-refractivity contribution in [3.05, 3.63) is 41.3 Å². The number of aryl methyl sites for hydroxylation is 1. The van der Waals surface area contributed by atoms with Gasteiger partial charge in [-0.05, 0) is 70.8 Å². The number of carbonyl (C=O) groups excluding carboxylic acids is 1. The molecule has 1 atom stereocenters. The fourth-order valence-corrected chi connectivity index (χ4v) is 5.24. The molecule has 4 aromatic heterocycles. The number of H-pyrrole nitrogens is 1. The lowest BCUT2D eigenvalue weighted by Crippen LogP contribution is -2.41. The molecule has 1 saturated heterocycles. The van der Waals surface area contributed by atoms with E-state index in [1.54, 1.807) is 6.33 Å². The third-order valence-electron chi connectivity index (χ3n) is 7.89. The summed E-state index contributed by atoms with van der Waals surface area (Å²) >= 11 is 0. The maximum absolute atomic E-state index is 13.0. The van der Waals surface area contributed by atoms with Crippen LogP contribution in [0.5, 0.6) is 0 Å². The van der Waals surface area contributed by atoms with Crippen LogP contribution in [0.1, 0.15) is 57.2 Å². The fourth-order valence-electron chi connectivity index (χ4n) is 5.24. The number of anilines is 1. The molecule has 1 aliphatic heterocycles. The van der Waals surface area contributed by atoms with Crippen LogP contribution in [0.2, 0.25) is 0 Å². The van der Waals surface area contributed by atoms with Gasteiger partial charge >= 0.3 is 0 Å². The monoisotopic (exact) mass is 502 g/mol. The van der Waals surface area contributed by atoms with Crippen LogP contribution >= 0.6 is 0 Å². The fraction of sp³-hybridized carbons (Fsp3) is 0.500. The average Bonchev–Trinajstić information content (AvgIpc) is 3.57. The predicted octanol–water partition coefficient (Wildman–Crippen LogP) is 4.35. The Bertz CT molecular complexity index is 1470. The van der Waals surface area contributed by atoms with E-state index in [2.05, 4.69) is 91.7 Å². The van der Waals surface area contributed by atoms with Gasteiger partial charge in [0.2, 0.25) is 5.91 Å². The summed E-state index contributed by atoms with van der Waals surface area (Å²) in [5, 5.41) is 4.39. The van der Waals surface area contributed by atoms with Gasteiger partial charge < -0.3 is 14.8 Å². The summed E-state index contributed by atoms with van der Waals surface area (Å²) in [6.45, 7) is 16.7. The second kappa shape index (κ2) is 9.45. The number of pyridine rings is 2. The normalized spacial score (nSPS) is 16.5. The Morgan fingerprint density at radius 2 is 1.95 bits per heavy atom. The van der Waals surface area contributed by atoms with Crippen LogP contribution in [-0.4, -0.2) is 79.2 Å². The minimum Gasteiger partial charge on any atom is -0.353 e. The molecular weight excluding hydrogens is 464 g/mol. The summed E-state index contributed by atoms with van der Waals surface area (Å²) in [5.41, 5.74) is 8.56. The van der Waals surface area contributed by atoms with Crippen molar-refractivity contribution >= 4 is 28.4 Å². The number of fused-ring (bicyclic) bond motifs is 2. The minimum atomic E-state index is 0.160. The lowest BCUT2D eigenvalue weighted by Gasteiger charge is -2.24.